The Labute approximate surface area is 176 Å². The van der Waals surface area contributed by atoms with Gasteiger partial charge in [0.1, 0.15) is 5.75 Å². The number of imidazole rings is 1. The maximum absolute atomic E-state index is 9.83. The third-order valence-corrected chi connectivity index (χ3v) is 6.20. The van der Waals surface area contributed by atoms with Crippen molar-refractivity contribution in [1.82, 2.24) is 14.5 Å². The average molecular weight is 409 g/mol. The molecule has 2 aliphatic rings. The van der Waals surface area contributed by atoms with E-state index in [0.29, 0.717) is 5.84 Å². The topological polar surface area (TPSA) is 83.1 Å². The Morgan fingerprint density at radius 3 is 2.87 bits per heavy atom. The smallest absolute Gasteiger partial charge is 0.171 e. The van der Waals surface area contributed by atoms with E-state index in [1.807, 2.05) is 48.0 Å². The number of hydrogen-bond acceptors (Lipinski definition) is 5. The maximum atomic E-state index is 9.83. The summed E-state index contributed by atoms with van der Waals surface area (Å²) in [5.41, 5.74) is 3.45. The molecule has 158 valence electrons. The number of methoxy groups -OCH3 is 1. The number of piperidine rings is 1. The molecule has 1 aliphatic carbocycles. The van der Waals surface area contributed by atoms with Gasteiger partial charge < -0.3 is 24.5 Å². The number of rotatable bonds is 6. The molecule has 0 amide bonds. The molecule has 0 spiro atoms. The van der Waals surface area contributed by atoms with Gasteiger partial charge in [-0.25, -0.2) is 4.98 Å². The van der Waals surface area contributed by atoms with Gasteiger partial charge in [-0.15, -0.1) is 6.58 Å². The van der Waals surface area contributed by atoms with Crippen LogP contribution in [0.15, 0.2) is 54.1 Å². The van der Waals surface area contributed by atoms with Crippen molar-refractivity contribution < 1.29 is 15.1 Å². The molecule has 0 bridgehead atoms. The van der Waals surface area contributed by atoms with Crippen molar-refractivity contribution in [3.8, 4) is 11.4 Å². The molecule has 7 nitrogen and oxygen atoms in total. The van der Waals surface area contributed by atoms with Gasteiger partial charge in [0.05, 0.1) is 30.4 Å². The van der Waals surface area contributed by atoms with E-state index >= 15 is 0 Å². The number of ether oxygens (including phenoxy) is 1. The zero-order valence-corrected chi connectivity index (χ0v) is 17.5. The SMILES string of the molecule is C=CC1(N2CCCC(=Cc3ccc(-n4cnc(C)c4)c(OC)c3)C2=NO)CC1CO. The molecule has 30 heavy (non-hydrogen) atoms. The van der Waals surface area contributed by atoms with Gasteiger partial charge in [-0.2, -0.15) is 0 Å². The molecule has 1 aliphatic heterocycles. The molecule has 2 unspecified atom stereocenters. The molecule has 2 heterocycles. The van der Waals surface area contributed by atoms with Gasteiger partial charge in [0.25, 0.3) is 0 Å². The van der Waals surface area contributed by atoms with Crippen molar-refractivity contribution in [1.29, 1.82) is 0 Å². The number of benzene rings is 1. The van der Waals surface area contributed by atoms with Crippen LogP contribution >= 0.6 is 0 Å². The molecule has 2 fully saturated rings. The van der Waals surface area contributed by atoms with Crippen LogP contribution in [0.5, 0.6) is 5.75 Å². The lowest BCUT2D eigenvalue weighted by atomic mass is 9.97. The van der Waals surface area contributed by atoms with Gasteiger partial charge in [-0.3, -0.25) is 0 Å². The highest BCUT2D eigenvalue weighted by molar-refractivity contribution is 6.03. The molecule has 0 radical (unpaired) electrons. The normalized spacial score (nSPS) is 26.2. The van der Waals surface area contributed by atoms with Crippen molar-refractivity contribution in [3.05, 3.63) is 60.2 Å². The highest BCUT2D eigenvalue weighted by Gasteiger charge is 2.57. The number of aryl methyl sites for hydroxylation is 1. The summed E-state index contributed by atoms with van der Waals surface area (Å²) < 4.78 is 7.55. The molecule has 1 saturated carbocycles. The van der Waals surface area contributed by atoms with Crippen LogP contribution < -0.4 is 4.74 Å². The Kier molecular flexibility index (Phi) is 5.39. The van der Waals surface area contributed by atoms with Crippen LogP contribution in [0, 0.1) is 12.8 Å². The molecule has 1 saturated heterocycles. The fourth-order valence-corrected chi connectivity index (χ4v) is 4.48. The first-order valence-electron chi connectivity index (χ1n) is 10.2. The summed E-state index contributed by atoms with van der Waals surface area (Å²) in [6, 6.07) is 5.99. The molecule has 2 aromatic rings. The summed E-state index contributed by atoms with van der Waals surface area (Å²) in [5, 5.41) is 23.1. The highest BCUT2D eigenvalue weighted by Crippen LogP contribution is 2.51. The van der Waals surface area contributed by atoms with Gasteiger partial charge in [-0.05, 0) is 55.5 Å². The summed E-state index contributed by atoms with van der Waals surface area (Å²) in [5.74, 6) is 1.43. The Balaban J connectivity index is 1.66. The van der Waals surface area contributed by atoms with E-state index in [2.05, 4.69) is 21.6 Å². The highest BCUT2D eigenvalue weighted by atomic mass is 16.5. The number of aliphatic hydroxyl groups is 1. The maximum Gasteiger partial charge on any atom is 0.171 e. The zero-order chi connectivity index (χ0) is 21.3. The third kappa shape index (κ3) is 3.39. The number of nitrogens with zero attached hydrogens (tertiary/aromatic N) is 4. The Hall–Kier alpha value is -3.06. The van der Waals surface area contributed by atoms with E-state index in [4.69, 9.17) is 4.74 Å². The first-order chi connectivity index (χ1) is 14.6. The predicted octanol–water partition coefficient (Wildman–Crippen LogP) is 3.39. The molecule has 4 rings (SSSR count). The first kappa shape index (κ1) is 20.2. The van der Waals surface area contributed by atoms with Crippen LogP contribution in [0.4, 0.5) is 0 Å². The van der Waals surface area contributed by atoms with Crippen LogP contribution in [-0.4, -0.2) is 56.4 Å². The second kappa shape index (κ2) is 7.99. The molecule has 2 atom stereocenters. The zero-order valence-electron chi connectivity index (χ0n) is 17.5. The predicted molar refractivity (Wildman–Crippen MR) is 116 cm³/mol. The third-order valence-electron chi connectivity index (χ3n) is 6.20. The van der Waals surface area contributed by atoms with Crippen LogP contribution in [0.2, 0.25) is 0 Å². The van der Waals surface area contributed by atoms with Crippen molar-refractivity contribution in [2.75, 3.05) is 20.3 Å². The fraction of sp³-hybridized carbons (Fsp3) is 0.391. The summed E-state index contributed by atoms with van der Waals surface area (Å²) in [7, 11) is 1.65. The van der Waals surface area contributed by atoms with Crippen molar-refractivity contribution >= 4 is 11.9 Å². The largest absolute Gasteiger partial charge is 0.495 e. The molecule has 7 heteroatoms. The minimum atomic E-state index is -0.323. The van der Waals surface area contributed by atoms with E-state index in [1.54, 1.807) is 13.4 Å². The van der Waals surface area contributed by atoms with Crippen LogP contribution in [0.3, 0.4) is 0 Å². The minimum Gasteiger partial charge on any atom is -0.495 e. The van der Waals surface area contributed by atoms with Crippen LogP contribution in [0.25, 0.3) is 11.8 Å². The first-order valence-corrected chi connectivity index (χ1v) is 10.2. The Morgan fingerprint density at radius 1 is 1.43 bits per heavy atom. The summed E-state index contributed by atoms with van der Waals surface area (Å²) in [4.78, 5) is 6.38. The lowest BCUT2D eigenvalue weighted by Crippen LogP contribution is -2.46. The monoisotopic (exact) mass is 408 g/mol. The number of hydrogen-bond donors (Lipinski definition) is 2. The second-order valence-corrected chi connectivity index (χ2v) is 7.98. The molecular weight excluding hydrogens is 380 g/mol. The number of amidine groups is 1. The molecule has 2 N–H and O–H groups in total. The number of aliphatic hydroxyl groups excluding tert-OH is 1. The minimum absolute atomic E-state index is 0.104. The second-order valence-electron chi connectivity index (χ2n) is 7.98. The van der Waals surface area contributed by atoms with Gasteiger partial charge in [0.15, 0.2) is 5.84 Å². The van der Waals surface area contributed by atoms with Crippen LogP contribution in [0.1, 0.15) is 30.5 Å². The van der Waals surface area contributed by atoms with Gasteiger partial charge in [-0.1, -0.05) is 17.3 Å². The number of aromatic nitrogens is 2. The van der Waals surface area contributed by atoms with Crippen molar-refractivity contribution in [2.45, 2.75) is 31.7 Å². The van der Waals surface area contributed by atoms with Gasteiger partial charge >= 0.3 is 0 Å². The average Bonchev–Trinajstić information content (AvgIpc) is 3.36. The Morgan fingerprint density at radius 2 is 2.27 bits per heavy atom. The number of oxime groups is 1. The summed E-state index contributed by atoms with van der Waals surface area (Å²) in [6.45, 7) is 6.81. The molecule has 1 aromatic heterocycles. The Bertz CT molecular complexity index is 1010. The van der Waals surface area contributed by atoms with Gasteiger partial charge in [0, 0.05) is 25.3 Å². The van der Waals surface area contributed by atoms with E-state index < -0.39 is 0 Å². The van der Waals surface area contributed by atoms with Crippen molar-refractivity contribution in [3.63, 3.8) is 0 Å². The summed E-state index contributed by atoms with van der Waals surface area (Å²) >= 11 is 0. The number of likely N-dealkylation sites (tertiary alicyclic amines) is 1. The van der Waals surface area contributed by atoms with E-state index in [1.165, 1.54) is 0 Å². The standard InChI is InChI=1S/C23H28N4O3/c1-4-23(12-19(23)14-28)27-9-5-6-18(22(27)25-29)10-17-7-8-20(21(11-17)30-3)26-13-16(2)24-15-26/h4,7-8,10-11,13,15,19,28-29H,1,5-6,9,12,14H2,2-3H3. The quantitative estimate of drug-likeness (QED) is 0.435. The van der Waals surface area contributed by atoms with E-state index in [9.17, 15) is 10.3 Å². The lowest BCUT2D eigenvalue weighted by molar-refractivity contribution is 0.221. The lowest BCUT2D eigenvalue weighted by Gasteiger charge is -2.37. The van der Waals surface area contributed by atoms with Crippen molar-refractivity contribution in [2.24, 2.45) is 11.1 Å². The van der Waals surface area contributed by atoms with E-state index in [0.717, 1.165) is 54.1 Å². The van der Waals surface area contributed by atoms with Crippen LogP contribution in [-0.2, 0) is 0 Å². The summed E-state index contributed by atoms with van der Waals surface area (Å²) in [6.07, 6.45) is 10.2. The fourth-order valence-electron chi connectivity index (χ4n) is 4.48. The molecule has 1 aromatic carbocycles. The van der Waals surface area contributed by atoms with Gasteiger partial charge in [0.2, 0.25) is 0 Å². The van der Waals surface area contributed by atoms with E-state index in [-0.39, 0.29) is 18.1 Å². The molecular formula is C23H28N4O3.